The SMILES string of the molecule is O=[n+]1c(CBr)c(CBr)n([O-])c2c1[C@H](Br)CC[C@H]2Br. The zero-order valence-corrected chi connectivity index (χ0v) is 15.5. The van der Waals surface area contributed by atoms with E-state index in [1.165, 1.54) is 0 Å². The number of aromatic nitrogens is 2. The van der Waals surface area contributed by atoms with Gasteiger partial charge in [-0.05, 0) is 12.8 Å². The van der Waals surface area contributed by atoms with Crippen LogP contribution in [0.25, 0.3) is 0 Å². The molecule has 0 radical (unpaired) electrons. The van der Waals surface area contributed by atoms with Gasteiger partial charge in [0.05, 0.1) is 20.3 Å². The highest BCUT2D eigenvalue weighted by molar-refractivity contribution is 9.09. The molecule has 18 heavy (non-hydrogen) atoms. The standard InChI is InChI=1S/C10H10Br4N2O2/c11-3-7-8(4-12)16(18)10-6(14)2-1-5(13)9(10)15(7)17/h5-6H,1-4H2/t5-,6-/m1/s1. The third kappa shape index (κ3) is 2.33. The van der Waals surface area contributed by atoms with E-state index >= 15 is 0 Å². The Morgan fingerprint density at radius 2 is 1.83 bits per heavy atom. The molecule has 4 nitrogen and oxygen atoms in total. The number of hydrogen-bond acceptors (Lipinski definition) is 2. The molecule has 1 aromatic heterocycles. The Morgan fingerprint density at radius 1 is 1.22 bits per heavy atom. The van der Waals surface area contributed by atoms with Crippen LogP contribution in [0.3, 0.4) is 0 Å². The van der Waals surface area contributed by atoms with E-state index in [1.54, 1.807) is 0 Å². The second-order valence-electron chi connectivity index (χ2n) is 4.03. The summed E-state index contributed by atoms with van der Waals surface area (Å²) in [5, 5.41) is 13.1. The van der Waals surface area contributed by atoms with Gasteiger partial charge in [0.2, 0.25) is 0 Å². The summed E-state index contributed by atoms with van der Waals surface area (Å²) in [4.78, 5) is 12.3. The van der Waals surface area contributed by atoms with Crippen molar-refractivity contribution in [1.29, 1.82) is 0 Å². The first-order valence-corrected chi connectivity index (χ1v) is 9.41. The Hall–Kier alpha value is 0.600. The van der Waals surface area contributed by atoms with Gasteiger partial charge < -0.3 is 9.94 Å². The van der Waals surface area contributed by atoms with E-state index in [0.29, 0.717) is 33.4 Å². The van der Waals surface area contributed by atoms with Gasteiger partial charge in [-0.25, -0.2) is 0 Å². The Balaban J connectivity index is 2.83. The quantitative estimate of drug-likeness (QED) is 0.443. The number of fused-ring (bicyclic) bond motifs is 1. The molecule has 8 heteroatoms. The summed E-state index contributed by atoms with van der Waals surface area (Å²) in [6.07, 6.45) is 1.67. The maximum atomic E-state index is 12.4. The first kappa shape index (κ1) is 15.0. The molecule has 1 aromatic rings. The highest BCUT2D eigenvalue weighted by atomic mass is 79.9. The van der Waals surface area contributed by atoms with Crippen molar-refractivity contribution in [2.24, 2.45) is 0 Å². The van der Waals surface area contributed by atoms with E-state index in [2.05, 4.69) is 63.7 Å². The van der Waals surface area contributed by atoms with Crippen molar-refractivity contribution < 1.29 is 4.43 Å². The first-order valence-electron chi connectivity index (χ1n) is 5.33. The van der Waals surface area contributed by atoms with Gasteiger partial charge in [0.15, 0.2) is 0 Å². The molecule has 0 saturated heterocycles. The van der Waals surface area contributed by atoms with Crippen LogP contribution < -0.4 is 4.43 Å². The molecule has 0 fully saturated rings. The largest absolute Gasteiger partial charge is 0.805 e. The van der Waals surface area contributed by atoms with Crippen molar-refractivity contribution in [2.45, 2.75) is 33.2 Å². The summed E-state index contributed by atoms with van der Waals surface area (Å²) in [5.74, 6) is 0. The minimum Gasteiger partial charge on any atom is -0.805 e. The van der Waals surface area contributed by atoms with Gasteiger partial charge in [0.25, 0.3) is 11.4 Å². The molecule has 0 N–H and O–H groups in total. The number of rotatable bonds is 2. The Labute approximate surface area is 138 Å². The van der Waals surface area contributed by atoms with Crippen LogP contribution >= 0.6 is 63.7 Å². The molecule has 2 atom stereocenters. The van der Waals surface area contributed by atoms with Crippen molar-refractivity contribution in [3.05, 3.63) is 32.9 Å². The smallest absolute Gasteiger partial charge is 0.273 e. The Bertz CT molecular complexity index is 532. The van der Waals surface area contributed by atoms with Gasteiger partial charge in [-0.3, -0.25) is 0 Å². The van der Waals surface area contributed by atoms with E-state index in [9.17, 15) is 10.1 Å². The van der Waals surface area contributed by atoms with Gasteiger partial charge in [-0.2, -0.15) is 0 Å². The van der Waals surface area contributed by atoms with Crippen LogP contribution in [-0.2, 0) is 10.7 Å². The molecule has 0 aromatic carbocycles. The first-order chi connectivity index (χ1) is 8.52. The zero-order chi connectivity index (χ0) is 13.4. The zero-order valence-electron chi connectivity index (χ0n) is 9.21. The Kier molecular flexibility index (Phi) is 4.94. The summed E-state index contributed by atoms with van der Waals surface area (Å²) in [5.41, 5.74) is 1.98. The molecule has 100 valence electrons. The lowest BCUT2D eigenvalue weighted by Crippen LogP contribution is -2.36. The molecule has 0 aliphatic heterocycles. The second-order valence-corrected chi connectivity index (χ2v) is 7.36. The van der Waals surface area contributed by atoms with Crippen LogP contribution in [0.5, 0.6) is 0 Å². The van der Waals surface area contributed by atoms with E-state index in [4.69, 9.17) is 0 Å². The fourth-order valence-electron chi connectivity index (χ4n) is 2.14. The summed E-state index contributed by atoms with van der Waals surface area (Å²) in [6, 6.07) is 0. The van der Waals surface area contributed by atoms with Gasteiger partial charge in [0.1, 0.15) is 10.5 Å². The molecule has 0 bridgehead atoms. The van der Waals surface area contributed by atoms with Crippen LogP contribution in [0.4, 0.5) is 0 Å². The van der Waals surface area contributed by atoms with Gasteiger partial charge in [-0.1, -0.05) is 63.7 Å². The van der Waals surface area contributed by atoms with Crippen molar-refractivity contribution in [3.8, 4) is 0 Å². The van der Waals surface area contributed by atoms with E-state index in [0.717, 1.165) is 22.0 Å². The van der Waals surface area contributed by atoms with Crippen LogP contribution in [0, 0.1) is 10.1 Å². The molecule has 1 heterocycles. The van der Waals surface area contributed by atoms with E-state index in [1.807, 2.05) is 0 Å². The minimum absolute atomic E-state index is 0.0684. The molecule has 0 amide bonds. The highest BCUT2D eigenvalue weighted by Gasteiger charge is 2.37. The van der Waals surface area contributed by atoms with E-state index in [-0.39, 0.29) is 9.65 Å². The fourth-order valence-corrected chi connectivity index (χ4v) is 4.61. The van der Waals surface area contributed by atoms with Gasteiger partial charge in [-0.15, -0.1) is 0 Å². The van der Waals surface area contributed by atoms with Crippen molar-refractivity contribution in [1.82, 2.24) is 4.73 Å². The maximum absolute atomic E-state index is 12.4. The van der Waals surface area contributed by atoms with Crippen molar-refractivity contribution >= 4 is 63.7 Å². The number of hydrogen-bond donors (Lipinski definition) is 0. The number of halogens is 4. The summed E-state index contributed by atoms with van der Waals surface area (Å²) >= 11 is 13.5. The maximum Gasteiger partial charge on any atom is 0.273 e. The van der Waals surface area contributed by atoms with Gasteiger partial charge >= 0.3 is 0 Å². The summed E-state index contributed by atoms with van der Waals surface area (Å²) < 4.78 is 1.78. The Morgan fingerprint density at radius 3 is 2.39 bits per heavy atom. The summed E-state index contributed by atoms with van der Waals surface area (Å²) in [7, 11) is 0. The topological polar surface area (TPSA) is 51.0 Å². The van der Waals surface area contributed by atoms with Crippen LogP contribution in [-0.4, -0.2) is 4.73 Å². The molecule has 0 unspecified atom stereocenters. The normalized spacial score (nSPS) is 22.9. The lowest BCUT2D eigenvalue weighted by molar-refractivity contribution is -0.516. The lowest BCUT2D eigenvalue weighted by atomic mass is 9.99. The highest BCUT2D eigenvalue weighted by Crippen LogP contribution is 2.43. The lowest BCUT2D eigenvalue weighted by Gasteiger charge is -2.28. The second kappa shape index (κ2) is 5.93. The average Bonchev–Trinajstić information content (AvgIpc) is 2.35. The molecular weight excluding hydrogens is 500 g/mol. The molecule has 0 spiro atoms. The van der Waals surface area contributed by atoms with E-state index < -0.39 is 0 Å². The fraction of sp³-hybridized carbons (Fsp3) is 0.600. The summed E-state index contributed by atoms with van der Waals surface area (Å²) in [6.45, 7) is 0. The monoisotopic (exact) mass is 506 g/mol. The molecule has 1 aliphatic carbocycles. The van der Waals surface area contributed by atoms with Crippen molar-refractivity contribution in [3.63, 3.8) is 0 Å². The minimum atomic E-state index is -0.0684. The molecular formula is C10H10Br4N2O2. The number of nitrogens with zero attached hydrogens (tertiary/aromatic N) is 2. The third-order valence-corrected chi connectivity index (χ3v) is 5.89. The number of alkyl halides is 4. The van der Waals surface area contributed by atoms with Crippen LogP contribution in [0.2, 0.25) is 0 Å². The predicted octanol–water partition coefficient (Wildman–Crippen LogP) is 4.20. The predicted molar refractivity (Wildman–Crippen MR) is 84.4 cm³/mol. The van der Waals surface area contributed by atoms with Crippen molar-refractivity contribution in [2.75, 3.05) is 0 Å². The van der Waals surface area contributed by atoms with Crippen LogP contribution in [0.1, 0.15) is 45.3 Å². The average molecular weight is 510 g/mol. The molecule has 0 saturated carbocycles. The molecule has 1 aliphatic rings. The van der Waals surface area contributed by atoms with Crippen LogP contribution in [0.15, 0.2) is 0 Å². The third-order valence-electron chi connectivity index (χ3n) is 3.04. The van der Waals surface area contributed by atoms with Gasteiger partial charge in [0, 0.05) is 10.2 Å². The molecule has 2 rings (SSSR count).